The number of benzene rings is 1. The monoisotopic (exact) mass is 401 g/mol. The summed E-state index contributed by atoms with van der Waals surface area (Å²) in [6.07, 6.45) is 2.46. The van der Waals surface area contributed by atoms with Crippen molar-refractivity contribution < 1.29 is 9.53 Å². The molecule has 0 aliphatic carbocycles. The number of halogens is 1. The maximum absolute atomic E-state index is 12.2. The van der Waals surface area contributed by atoms with Crippen LogP contribution in [0.1, 0.15) is 23.0 Å². The first-order valence-corrected chi connectivity index (χ1v) is 8.94. The molecule has 2 heterocycles. The fourth-order valence-electron chi connectivity index (χ4n) is 2.76. The zero-order valence-electron chi connectivity index (χ0n) is 15.9. The minimum absolute atomic E-state index is 0.122. The molecule has 2 aromatic heterocycles. The van der Waals surface area contributed by atoms with Crippen molar-refractivity contribution in [3.63, 3.8) is 0 Å². The van der Waals surface area contributed by atoms with Gasteiger partial charge in [0.2, 0.25) is 0 Å². The van der Waals surface area contributed by atoms with Gasteiger partial charge in [-0.15, -0.1) is 10.2 Å². The highest BCUT2D eigenvalue weighted by Crippen LogP contribution is 2.39. The van der Waals surface area contributed by atoms with Crippen LogP contribution in [-0.2, 0) is 13.5 Å². The van der Waals surface area contributed by atoms with E-state index in [0.29, 0.717) is 22.8 Å². The zero-order chi connectivity index (χ0) is 20.3. The van der Waals surface area contributed by atoms with E-state index in [1.165, 1.54) is 11.8 Å². The molecule has 0 saturated heterocycles. The lowest BCUT2D eigenvalue weighted by molar-refractivity contribution is 0.0958. The molecular weight excluding hydrogens is 382 g/mol. The molecule has 28 heavy (non-hydrogen) atoms. The van der Waals surface area contributed by atoms with Crippen molar-refractivity contribution >= 4 is 28.9 Å². The minimum Gasteiger partial charge on any atom is -0.494 e. The van der Waals surface area contributed by atoms with Crippen LogP contribution in [0, 0.1) is 0 Å². The summed E-state index contributed by atoms with van der Waals surface area (Å²) in [4.78, 5) is 13.6. The van der Waals surface area contributed by atoms with Crippen LogP contribution in [0.4, 0.5) is 11.4 Å². The fourth-order valence-corrected chi connectivity index (χ4v) is 2.91. The van der Waals surface area contributed by atoms with Crippen LogP contribution >= 0.6 is 11.6 Å². The lowest BCUT2D eigenvalue weighted by Crippen LogP contribution is -2.21. The molecule has 0 spiro atoms. The third kappa shape index (κ3) is 3.89. The lowest BCUT2D eigenvalue weighted by Gasteiger charge is -2.17. The van der Waals surface area contributed by atoms with Gasteiger partial charge in [-0.05, 0) is 24.1 Å². The normalized spacial score (nSPS) is 10.6. The Morgan fingerprint density at radius 2 is 2.04 bits per heavy atom. The average Bonchev–Trinajstić information content (AvgIpc) is 3.13. The van der Waals surface area contributed by atoms with E-state index in [2.05, 4.69) is 31.0 Å². The van der Waals surface area contributed by atoms with E-state index in [0.717, 1.165) is 17.5 Å². The van der Waals surface area contributed by atoms with Crippen LogP contribution in [0.15, 0.2) is 24.4 Å². The second kappa shape index (κ2) is 8.22. The Kier molecular flexibility index (Phi) is 5.74. The van der Waals surface area contributed by atoms with Crippen LogP contribution in [-0.4, -0.2) is 45.3 Å². The molecule has 0 saturated carbocycles. The van der Waals surface area contributed by atoms with Crippen molar-refractivity contribution in [2.75, 3.05) is 19.5 Å². The van der Waals surface area contributed by atoms with Gasteiger partial charge in [-0.3, -0.25) is 4.79 Å². The Labute approximate surface area is 167 Å². The summed E-state index contributed by atoms with van der Waals surface area (Å²) in [5.41, 5.74) is 3.70. The zero-order valence-corrected chi connectivity index (χ0v) is 16.7. The summed E-state index contributed by atoms with van der Waals surface area (Å²) < 4.78 is 5.66. The number of nitrogens with one attached hydrogen (secondary N) is 2. The Hall–Kier alpha value is -3.20. The Morgan fingerprint density at radius 3 is 2.64 bits per heavy atom. The van der Waals surface area contributed by atoms with Gasteiger partial charge in [0.25, 0.3) is 5.91 Å². The number of nitrogens with zero attached hydrogens (tertiary/aromatic N) is 5. The van der Waals surface area contributed by atoms with Gasteiger partial charge in [-0.1, -0.05) is 18.5 Å². The number of ether oxygens (including phenoxy) is 1. The Morgan fingerprint density at radius 1 is 1.25 bits per heavy atom. The number of hydrogen-bond donors (Lipinski definition) is 2. The number of aryl methyl sites for hydroxylation is 2. The van der Waals surface area contributed by atoms with Crippen molar-refractivity contribution in [1.29, 1.82) is 0 Å². The lowest BCUT2D eigenvalue weighted by atomic mass is 10.0. The molecule has 2 N–H and O–H groups in total. The number of carbonyl (C=O) groups excluding carboxylic acids is 1. The number of carbonyl (C=O) groups is 1. The van der Waals surface area contributed by atoms with Gasteiger partial charge in [0, 0.05) is 25.7 Å². The maximum atomic E-state index is 12.2. The summed E-state index contributed by atoms with van der Waals surface area (Å²) in [5.74, 6) is 0.180. The molecule has 0 aliphatic heterocycles. The molecule has 0 fully saturated rings. The number of methoxy groups -OCH3 is 1. The number of rotatable bonds is 6. The van der Waals surface area contributed by atoms with Gasteiger partial charge in [0.05, 0.1) is 24.7 Å². The van der Waals surface area contributed by atoms with Crippen LogP contribution in [0.5, 0.6) is 5.75 Å². The van der Waals surface area contributed by atoms with Crippen molar-refractivity contribution in [2.45, 2.75) is 13.3 Å². The maximum Gasteiger partial charge on any atom is 0.273 e. The largest absolute Gasteiger partial charge is 0.494 e. The quantitative estimate of drug-likeness (QED) is 0.653. The summed E-state index contributed by atoms with van der Waals surface area (Å²) >= 11 is 6.00. The summed E-state index contributed by atoms with van der Waals surface area (Å²) in [6.45, 7) is 2.05. The number of aromatic nitrogens is 5. The van der Waals surface area contributed by atoms with Crippen LogP contribution in [0.25, 0.3) is 11.3 Å². The molecular formula is C18H20ClN7O2. The molecule has 0 unspecified atom stereocenters. The first-order valence-electron chi connectivity index (χ1n) is 8.56. The number of anilines is 2. The first-order chi connectivity index (χ1) is 13.5. The molecule has 0 bridgehead atoms. The molecule has 1 amide bonds. The Bertz CT molecular complexity index is 1020. The molecule has 0 atom stereocenters. The van der Waals surface area contributed by atoms with Crippen molar-refractivity contribution in [2.24, 2.45) is 7.05 Å². The number of hydrogen-bond acceptors (Lipinski definition) is 7. The van der Waals surface area contributed by atoms with Gasteiger partial charge in [0.15, 0.2) is 16.6 Å². The molecule has 0 aliphatic rings. The second-order valence-electron chi connectivity index (χ2n) is 5.93. The standard InChI is InChI=1S/C18H20ClN7O2/c1-5-10-6-11(14-9-21-26(3)25-14)17(28-4)13(7-10)22-12-8-15(19)23-24-16(12)18(27)20-2/h6-9H,5H2,1-4H3,(H,20,27)(H,22,23). The van der Waals surface area contributed by atoms with E-state index in [9.17, 15) is 4.79 Å². The predicted octanol–water partition coefficient (Wildman–Crippen LogP) is 2.60. The SMILES string of the molecule is CCc1cc(Nc2cc(Cl)nnc2C(=O)NC)c(OC)c(-c2cnn(C)n2)c1. The first kappa shape index (κ1) is 19.6. The van der Waals surface area contributed by atoms with E-state index >= 15 is 0 Å². The molecule has 3 aromatic rings. The fraction of sp³-hybridized carbons (Fsp3) is 0.278. The van der Waals surface area contributed by atoms with Crippen LogP contribution < -0.4 is 15.4 Å². The van der Waals surface area contributed by atoms with E-state index in [1.54, 1.807) is 26.4 Å². The third-order valence-corrected chi connectivity index (χ3v) is 4.30. The van der Waals surface area contributed by atoms with Gasteiger partial charge >= 0.3 is 0 Å². The van der Waals surface area contributed by atoms with Crippen molar-refractivity contribution in [3.05, 3.63) is 40.8 Å². The van der Waals surface area contributed by atoms with E-state index in [-0.39, 0.29) is 16.8 Å². The van der Waals surface area contributed by atoms with Gasteiger partial charge < -0.3 is 15.4 Å². The van der Waals surface area contributed by atoms with Crippen molar-refractivity contribution in [3.8, 4) is 17.0 Å². The highest BCUT2D eigenvalue weighted by molar-refractivity contribution is 6.29. The highest BCUT2D eigenvalue weighted by Gasteiger charge is 2.19. The van der Waals surface area contributed by atoms with Gasteiger partial charge in [0.1, 0.15) is 5.69 Å². The second-order valence-corrected chi connectivity index (χ2v) is 6.32. The molecule has 146 valence electrons. The van der Waals surface area contributed by atoms with Gasteiger partial charge in [-0.25, -0.2) is 0 Å². The number of amides is 1. The van der Waals surface area contributed by atoms with Crippen molar-refractivity contribution in [1.82, 2.24) is 30.5 Å². The van der Waals surface area contributed by atoms with Gasteiger partial charge in [-0.2, -0.15) is 15.0 Å². The molecule has 9 nitrogen and oxygen atoms in total. The topological polar surface area (TPSA) is 107 Å². The van der Waals surface area contributed by atoms with E-state index in [1.807, 2.05) is 19.1 Å². The summed E-state index contributed by atoms with van der Waals surface area (Å²) in [5, 5.41) is 22.1. The smallest absolute Gasteiger partial charge is 0.273 e. The highest BCUT2D eigenvalue weighted by atomic mass is 35.5. The molecule has 3 rings (SSSR count). The van der Waals surface area contributed by atoms with Crippen LogP contribution in [0.3, 0.4) is 0 Å². The third-order valence-electron chi connectivity index (χ3n) is 4.11. The summed E-state index contributed by atoms with van der Waals surface area (Å²) in [6, 6.07) is 5.49. The van der Waals surface area contributed by atoms with Crippen LogP contribution in [0.2, 0.25) is 5.15 Å². The molecule has 1 aromatic carbocycles. The molecule has 0 radical (unpaired) electrons. The molecule has 10 heteroatoms. The summed E-state index contributed by atoms with van der Waals surface area (Å²) in [7, 11) is 4.84. The minimum atomic E-state index is -0.383. The van der Waals surface area contributed by atoms with E-state index in [4.69, 9.17) is 16.3 Å². The average molecular weight is 402 g/mol. The van der Waals surface area contributed by atoms with E-state index < -0.39 is 0 Å². The predicted molar refractivity (Wildman–Crippen MR) is 106 cm³/mol. The Balaban J connectivity index is 2.15.